The molecule has 6 nitrogen and oxygen atoms in total. The molecule has 0 fully saturated rings. The number of ketones is 1. The van der Waals surface area contributed by atoms with Gasteiger partial charge in [0.25, 0.3) is 5.95 Å². The van der Waals surface area contributed by atoms with Crippen LogP contribution in [0.3, 0.4) is 0 Å². The van der Waals surface area contributed by atoms with Crippen molar-refractivity contribution in [1.82, 2.24) is 19.7 Å². The molecule has 7 heteroatoms. The van der Waals surface area contributed by atoms with Crippen molar-refractivity contribution >= 4 is 22.9 Å². The van der Waals surface area contributed by atoms with Gasteiger partial charge in [-0.15, -0.1) is 11.3 Å². The summed E-state index contributed by atoms with van der Waals surface area (Å²) < 4.78 is 1.81. The number of carbonyl (C=O) groups excluding carboxylic acids is 1. The lowest BCUT2D eigenvalue weighted by Gasteiger charge is -2.38. The van der Waals surface area contributed by atoms with Gasteiger partial charge in [0, 0.05) is 39.5 Å². The lowest BCUT2D eigenvalue weighted by atomic mass is 9.70. The predicted octanol–water partition coefficient (Wildman–Crippen LogP) is 4.85. The summed E-state index contributed by atoms with van der Waals surface area (Å²) in [6.07, 6.45) is 1.39. The minimum absolute atomic E-state index is 0.0727. The number of rotatable bonds is 2. The zero-order chi connectivity index (χ0) is 21.2. The van der Waals surface area contributed by atoms with Gasteiger partial charge in [-0.3, -0.25) is 4.79 Å². The molecule has 0 radical (unpaired) electrons. The minimum Gasteiger partial charge on any atom is -0.343 e. The number of nitrogens with one attached hydrogen (secondary N) is 1. The number of aryl methyl sites for hydroxylation is 3. The van der Waals surface area contributed by atoms with Gasteiger partial charge in [0.2, 0.25) is 0 Å². The largest absolute Gasteiger partial charge is 0.343 e. The molecule has 1 aliphatic heterocycles. The van der Waals surface area contributed by atoms with Gasteiger partial charge < -0.3 is 5.32 Å². The van der Waals surface area contributed by atoms with Crippen LogP contribution < -0.4 is 5.32 Å². The maximum atomic E-state index is 13.3. The third-order valence-corrected chi connectivity index (χ3v) is 6.80. The summed E-state index contributed by atoms with van der Waals surface area (Å²) >= 11 is 1.69. The van der Waals surface area contributed by atoms with E-state index in [4.69, 9.17) is 5.10 Å². The summed E-state index contributed by atoms with van der Waals surface area (Å²) in [6, 6.07) is 6.12. The molecule has 3 aromatic heterocycles. The molecule has 30 heavy (non-hydrogen) atoms. The first-order valence-electron chi connectivity index (χ1n) is 10.2. The predicted molar refractivity (Wildman–Crippen MR) is 118 cm³/mol. The van der Waals surface area contributed by atoms with Crippen LogP contribution in [0.2, 0.25) is 0 Å². The highest BCUT2D eigenvalue weighted by molar-refractivity contribution is 7.10. The fraction of sp³-hybridized carbons (Fsp3) is 0.391. The molecule has 154 valence electrons. The summed E-state index contributed by atoms with van der Waals surface area (Å²) in [6.45, 7) is 10.2. The van der Waals surface area contributed by atoms with E-state index in [9.17, 15) is 4.79 Å². The molecule has 0 spiro atoms. The van der Waals surface area contributed by atoms with E-state index in [2.05, 4.69) is 40.6 Å². The van der Waals surface area contributed by atoms with E-state index in [1.165, 1.54) is 4.88 Å². The van der Waals surface area contributed by atoms with E-state index >= 15 is 0 Å². The Labute approximate surface area is 180 Å². The summed E-state index contributed by atoms with van der Waals surface area (Å²) in [5, 5.41) is 10.5. The molecule has 1 atom stereocenters. The van der Waals surface area contributed by atoms with Gasteiger partial charge in [-0.1, -0.05) is 19.9 Å². The molecule has 0 amide bonds. The molecule has 2 aliphatic rings. The monoisotopic (exact) mass is 419 g/mol. The van der Waals surface area contributed by atoms with E-state index in [0.717, 1.165) is 46.2 Å². The van der Waals surface area contributed by atoms with Gasteiger partial charge in [-0.25, -0.2) is 9.97 Å². The van der Waals surface area contributed by atoms with Crippen molar-refractivity contribution in [3.05, 3.63) is 62.4 Å². The highest BCUT2D eigenvalue weighted by Crippen LogP contribution is 2.50. The van der Waals surface area contributed by atoms with Crippen molar-refractivity contribution in [3.8, 4) is 5.95 Å². The number of carbonyl (C=O) groups is 1. The number of nitrogens with zero attached hydrogens (tertiary/aromatic N) is 4. The molecule has 4 heterocycles. The van der Waals surface area contributed by atoms with Gasteiger partial charge in [-0.2, -0.15) is 9.78 Å². The number of aromatic nitrogens is 4. The lowest BCUT2D eigenvalue weighted by molar-refractivity contribution is -0.118. The standard InChI is InChI=1S/C23H25N5OS/c1-12-9-13(2)25-22(24-12)28-21-18(14(3)27-28)20(17-7-6-8-30-17)19-15(26-21)10-23(4,5)11-16(19)29/h6-9,20,26H,10-11H2,1-5H3/t20-/m1/s1. The van der Waals surface area contributed by atoms with Crippen LogP contribution in [0.5, 0.6) is 0 Å². The molecule has 0 aromatic carbocycles. The zero-order valence-corrected chi connectivity index (χ0v) is 18.7. The molecule has 0 unspecified atom stereocenters. The number of anilines is 1. The molecule has 5 rings (SSSR count). The van der Waals surface area contributed by atoms with Crippen molar-refractivity contribution in [2.24, 2.45) is 5.41 Å². The van der Waals surface area contributed by atoms with Crippen molar-refractivity contribution in [2.75, 3.05) is 5.32 Å². The first kappa shape index (κ1) is 19.2. The van der Waals surface area contributed by atoms with Gasteiger partial charge in [-0.05, 0) is 50.1 Å². The van der Waals surface area contributed by atoms with E-state index in [1.54, 1.807) is 16.0 Å². The SMILES string of the molecule is Cc1cc(C)nc(-n2nc(C)c3c2NC2=C(C(=O)CC(C)(C)C2)[C@@H]3c2cccs2)n1. The number of hydrogen-bond acceptors (Lipinski definition) is 6. The average molecular weight is 420 g/mol. The first-order valence-corrected chi connectivity index (χ1v) is 11.1. The molecule has 0 bridgehead atoms. The summed E-state index contributed by atoms with van der Waals surface area (Å²) in [5.41, 5.74) is 5.57. The van der Waals surface area contributed by atoms with Crippen molar-refractivity contribution in [1.29, 1.82) is 0 Å². The Hall–Kier alpha value is -2.80. The normalized spacial score (nSPS) is 20.0. The Bertz CT molecular complexity index is 1180. The van der Waals surface area contributed by atoms with Crippen LogP contribution >= 0.6 is 11.3 Å². The van der Waals surface area contributed by atoms with E-state index in [0.29, 0.717) is 12.4 Å². The second-order valence-corrected chi connectivity index (χ2v) is 10.1. The fourth-order valence-electron chi connectivity index (χ4n) is 4.76. The summed E-state index contributed by atoms with van der Waals surface area (Å²) in [4.78, 5) is 23.7. The van der Waals surface area contributed by atoms with Gasteiger partial charge in [0.05, 0.1) is 11.6 Å². The first-order chi connectivity index (χ1) is 14.2. The van der Waals surface area contributed by atoms with Crippen LogP contribution in [0.4, 0.5) is 5.82 Å². The molecule has 0 saturated carbocycles. The molecular weight excluding hydrogens is 394 g/mol. The lowest BCUT2D eigenvalue weighted by Crippen LogP contribution is -2.34. The number of fused-ring (bicyclic) bond motifs is 1. The molecule has 0 saturated heterocycles. The number of hydrogen-bond donors (Lipinski definition) is 1. The molecule has 1 aliphatic carbocycles. The van der Waals surface area contributed by atoms with Gasteiger partial charge in [0.15, 0.2) is 5.78 Å². The third kappa shape index (κ3) is 2.99. The number of Topliss-reactive ketones (excluding diaryl/α,β-unsaturated/α-hetero) is 1. The molecule has 1 N–H and O–H groups in total. The smallest absolute Gasteiger partial charge is 0.252 e. The summed E-state index contributed by atoms with van der Waals surface area (Å²) in [5.74, 6) is 1.56. The maximum Gasteiger partial charge on any atom is 0.252 e. The molecule has 3 aromatic rings. The van der Waals surface area contributed by atoms with Crippen LogP contribution in [0.25, 0.3) is 5.95 Å². The number of thiophene rings is 1. The highest BCUT2D eigenvalue weighted by Gasteiger charge is 2.43. The van der Waals surface area contributed by atoms with Gasteiger partial charge >= 0.3 is 0 Å². The maximum absolute atomic E-state index is 13.3. The Morgan fingerprint density at radius 1 is 1.17 bits per heavy atom. The van der Waals surface area contributed by atoms with Crippen molar-refractivity contribution in [2.45, 2.75) is 53.4 Å². The second-order valence-electron chi connectivity index (χ2n) is 9.12. The Balaban J connectivity index is 1.75. The highest BCUT2D eigenvalue weighted by atomic mass is 32.1. The summed E-state index contributed by atoms with van der Waals surface area (Å²) in [7, 11) is 0. The Morgan fingerprint density at radius 3 is 2.57 bits per heavy atom. The zero-order valence-electron chi connectivity index (χ0n) is 17.9. The van der Waals surface area contributed by atoms with E-state index in [1.807, 2.05) is 32.9 Å². The second kappa shape index (κ2) is 6.60. The van der Waals surface area contributed by atoms with Crippen LogP contribution in [0.15, 0.2) is 34.8 Å². The van der Waals surface area contributed by atoms with Crippen molar-refractivity contribution < 1.29 is 4.79 Å². The van der Waals surface area contributed by atoms with Crippen LogP contribution in [0, 0.1) is 26.2 Å². The third-order valence-electron chi connectivity index (χ3n) is 5.86. The van der Waals surface area contributed by atoms with E-state index in [-0.39, 0.29) is 17.1 Å². The Morgan fingerprint density at radius 2 is 1.90 bits per heavy atom. The minimum atomic E-state index is -0.0977. The quantitative estimate of drug-likeness (QED) is 0.643. The topological polar surface area (TPSA) is 72.7 Å². The van der Waals surface area contributed by atoms with E-state index < -0.39 is 0 Å². The van der Waals surface area contributed by atoms with Gasteiger partial charge in [0.1, 0.15) is 5.82 Å². The van der Waals surface area contributed by atoms with Crippen LogP contribution in [-0.4, -0.2) is 25.5 Å². The van der Waals surface area contributed by atoms with Crippen LogP contribution in [0.1, 0.15) is 60.1 Å². The molecular formula is C23H25N5OS. The Kier molecular flexibility index (Phi) is 4.22. The van der Waals surface area contributed by atoms with Crippen molar-refractivity contribution in [3.63, 3.8) is 0 Å². The van der Waals surface area contributed by atoms with Crippen LogP contribution in [-0.2, 0) is 4.79 Å². The average Bonchev–Trinajstić information content (AvgIpc) is 3.27. The number of allylic oxidation sites excluding steroid dienone is 2. The fourth-order valence-corrected chi connectivity index (χ4v) is 5.60.